The molecule has 10 heteroatoms. The van der Waals surface area contributed by atoms with E-state index < -0.39 is 17.8 Å². The lowest BCUT2D eigenvalue weighted by molar-refractivity contribution is -0.141. The maximum Gasteiger partial charge on any atom is 0.433 e. The highest BCUT2D eigenvalue weighted by Gasteiger charge is 2.32. The Morgan fingerprint density at radius 3 is 2.57 bits per heavy atom. The second kappa shape index (κ2) is 7.58. The SMILES string of the molecule is Cn1nc(C2CC2)cc1C(N)=O.FC(F)(F)c1cc(-c2cc3n(n2)CCC3)ccn1. The number of fused-ring (bicyclic) bond motifs is 1. The van der Waals surface area contributed by atoms with Crippen molar-refractivity contribution in [2.75, 3.05) is 0 Å². The molecule has 0 bridgehead atoms. The van der Waals surface area contributed by atoms with Crippen molar-refractivity contribution in [1.82, 2.24) is 24.5 Å². The zero-order valence-electron chi connectivity index (χ0n) is 16.4. The Balaban J connectivity index is 0.000000158. The molecule has 0 radical (unpaired) electrons. The van der Waals surface area contributed by atoms with Crippen LogP contribution >= 0.6 is 0 Å². The van der Waals surface area contributed by atoms with Crippen molar-refractivity contribution in [3.8, 4) is 11.3 Å². The van der Waals surface area contributed by atoms with Gasteiger partial charge in [-0.25, -0.2) is 0 Å². The lowest BCUT2D eigenvalue weighted by Crippen LogP contribution is -2.15. The van der Waals surface area contributed by atoms with Gasteiger partial charge in [-0.05, 0) is 49.9 Å². The summed E-state index contributed by atoms with van der Waals surface area (Å²) in [4.78, 5) is 14.2. The van der Waals surface area contributed by atoms with Crippen LogP contribution in [0.25, 0.3) is 11.3 Å². The van der Waals surface area contributed by atoms with Crippen molar-refractivity contribution >= 4 is 5.91 Å². The Labute approximate surface area is 170 Å². The van der Waals surface area contributed by atoms with E-state index in [9.17, 15) is 18.0 Å². The summed E-state index contributed by atoms with van der Waals surface area (Å²) in [6.07, 6.45) is 1.11. The Morgan fingerprint density at radius 2 is 1.97 bits per heavy atom. The molecule has 2 N–H and O–H groups in total. The van der Waals surface area contributed by atoms with E-state index in [1.54, 1.807) is 23.9 Å². The van der Waals surface area contributed by atoms with Crippen LogP contribution in [0.15, 0.2) is 30.5 Å². The maximum atomic E-state index is 12.6. The molecule has 30 heavy (non-hydrogen) atoms. The van der Waals surface area contributed by atoms with Crippen LogP contribution in [0.2, 0.25) is 0 Å². The van der Waals surface area contributed by atoms with Crippen molar-refractivity contribution in [3.05, 3.63) is 53.2 Å². The van der Waals surface area contributed by atoms with Gasteiger partial charge in [-0.2, -0.15) is 23.4 Å². The summed E-state index contributed by atoms with van der Waals surface area (Å²) < 4.78 is 41.1. The number of carbonyl (C=O) groups excluding carboxylic acids is 1. The van der Waals surface area contributed by atoms with Gasteiger partial charge in [0.2, 0.25) is 0 Å². The molecule has 1 aliphatic heterocycles. The van der Waals surface area contributed by atoms with Gasteiger partial charge >= 0.3 is 6.18 Å². The van der Waals surface area contributed by atoms with E-state index in [1.807, 2.05) is 10.7 Å². The molecule has 3 aromatic rings. The van der Waals surface area contributed by atoms with E-state index >= 15 is 0 Å². The van der Waals surface area contributed by atoms with Crippen molar-refractivity contribution in [3.63, 3.8) is 0 Å². The van der Waals surface area contributed by atoms with Crippen molar-refractivity contribution in [2.24, 2.45) is 12.8 Å². The van der Waals surface area contributed by atoms with Crippen LogP contribution in [0.1, 0.15) is 52.8 Å². The van der Waals surface area contributed by atoms with Gasteiger partial charge in [0, 0.05) is 37.0 Å². The molecule has 2 aliphatic rings. The standard InChI is InChI=1S/C12H10F3N3.C8H11N3O/c13-12(14,15)11-6-8(3-4-16-11)10-7-9-2-1-5-18(9)17-10;1-11-7(8(9)12)4-6(10-11)5-2-3-5/h3-4,6-7H,1-2,5H2;4-5H,2-3H2,1H3,(H2,9,12). The topological polar surface area (TPSA) is 91.6 Å². The fraction of sp³-hybridized carbons (Fsp3) is 0.400. The third-order valence-corrected chi connectivity index (χ3v) is 5.16. The minimum atomic E-state index is -4.42. The van der Waals surface area contributed by atoms with E-state index in [0.717, 1.165) is 36.8 Å². The third kappa shape index (κ3) is 4.22. The van der Waals surface area contributed by atoms with Gasteiger partial charge in [0.05, 0.1) is 11.4 Å². The number of aromatic nitrogens is 5. The molecule has 1 fully saturated rings. The summed E-state index contributed by atoms with van der Waals surface area (Å²) >= 11 is 0. The largest absolute Gasteiger partial charge is 0.433 e. The molecule has 0 spiro atoms. The predicted octanol–water partition coefficient (Wildman–Crippen LogP) is 3.31. The predicted molar refractivity (Wildman–Crippen MR) is 102 cm³/mol. The molecule has 0 aromatic carbocycles. The van der Waals surface area contributed by atoms with Gasteiger partial charge in [0.15, 0.2) is 0 Å². The highest BCUT2D eigenvalue weighted by atomic mass is 19.4. The second-order valence-corrected chi connectivity index (χ2v) is 7.49. The fourth-order valence-corrected chi connectivity index (χ4v) is 3.44. The highest BCUT2D eigenvalue weighted by Crippen LogP contribution is 2.39. The van der Waals surface area contributed by atoms with Crippen LogP contribution in [-0.2, 0) is 26.2 Å². The minimum absolute atomic E-state index is 0.406. The number of aryl methyl sites for hydroxylation is 3. The first-order chi connectivity index (χ1) is 14.2. The summed E-state index contributed by atoms with van der Waals surface area (Å²) in [6.45, 7) is 0.840. The summed E-state index contributed by atoms with van der Waals surface area (Å²) in [5, 5.41) is 8.52. The summed E-state index contributed by atoms with van der Waals surface area (Å²) in [5.74, 6) is 0.168. The number of primary amides is 1. The molecule has 5 rings (SSSR count). The number of hydrogen-bond donors (Lipinski definition) is 1. The van der Waals surface area contributed by atoms with E-state index in [1.165, 1.54) is 19.0 Å². The van der Waals surface area contributed by atoms with Crippen molar-refractivity contribution in [1.29, 1.82) is 0 Å². The third-order valence-electron chi connectivity index (χ3n) is 5.16. The molecular weight excluding hydrogens is 397 g/mol. The molecular formula is C20H21F3N6O. The molecule has 1 saturated carbocycles. The van der Waals surface area contributed by atoms with Gasteiger partial charge in [0.25, 0.3) is 5.91 Å². The zero-order chi connectivity index (χ0) is 21.5. The zero-order valence-corrected chi connectivity index (χ0v) is 16.4. The lowest BCUT2D eigenvalue weighted by Gasteiger charge is -2.06. The summed E-state index contributed by atoms with van der Waals surface area (Å²) in [5.41, 5.74) is 7.89. The quantitative estimate of drug-likeness (QED) is 0.707. The maximum absolute atomic E-state index is 12.6. The van der Waals surface area contributed by atoms with Gasteiger partial charge in [-0.1, -0.05) is 0 Å². The number of carbonyl (C=O) groups is 1. The first kappa shape index (κ1) is 20.1. The molecule has 0 saturated heterocycles. The Kier molecular flexibility index (Phi) is 5.08. The molecule has 1 aliphatic carbocycles. The van der Waals surface area contributed by atoms with Crippen LogP contribution in [-0.4, -0.2) is 30.5 Å². The molecule has 1 amide bonds. The summed E-state index contributed by atoms with van der Waals surface area (Å²) in [7, 11) is 1.74. The number of nitrogens with two attached hydrogens (primary N) is 1. The Morgan fingerprint density at radius 1 is 1.20 bits per heavy atom. The fourth-order valence-electron chi connectivity index (χ4n) is 3.44. The van der Waals surface area contributed by atoms with Gasteiger partial charge in [-0.3, -0.25) is 19.1 Å². The monoisotopic (exact) mass is 418 g/mol. The van der Waals surface area contributed by atoms with Crippen LogP contribution in [0, 0.1) is 0 Å². The number of pyridine rings is 1. The Bertz CT molecular complexity index is 1060. The van der Waals surface area contributed by atoms with Crippen LogP contribution in [0.4, 0.5) is 13.2 Å². The molecule has 158 valence electrons. The number of nitrogens with zero attached hydrogens (tertiary/aromatic N) is 5. The molecule has 3 aromatic heterocycles. The van der Waals surface area contributed by atoms with Crippen molar-refractivity contribution in [2.45, 2.75) is 44.3 Å². The first-order valence-electron chi connectivity index (χ1n) is 9.66. The average molecular weight is 418 g/mol. The van der Waals surface area contributed by atoms with E-state index in [2.05, 4.69) is 15.2 Å². The number of halogens is 3. The number of alkyl halides is 3. The average Bonchev–Trinajstić information content (AvgIpc) is 3.12. The smallest absolute Gasteiger partial charge is 0.364 e. The van der Waals surface area contributed by atoms with Gasteiger partial charge in [-0.15, -0.1) is 0 Å². The normalized spacial score (nSPS) is 15.5. The van der Waals surface area contributed by atoms with Gasteiger partial charge < -0.3 is 5.73 Å². The highest BCUT2D eigenvalue weighted by molar-refractivity contribution is 5.91. The number of rotatable bonds is 3. The van der Waals surface area contributed by atoms with Crippen LogP contribution in [0.5, 0.6) is 0 Å². The number of amides is 1. The minimum Gasteiger partial charge on any atom is -0.364 e. The molecule has 7 nitrogen and oxygen atoms in total. The molecule has 4 heterocycles. The lowest BCUT2D eigenvalue weighted by atomic mass is 10.1. The summed E-state index contributed by atoms with van der Waals surface area (Å²) in [6, 6.07) is 6.23. The second-order valence-electron chi connectivity index (χ2n) is 7.49. The van der Waals surface area contributed by atoms with Gasteiger partial charge in [0.1, 0.15) is 11.4 Å². The van der Waals surface area contributed by atoms with E-state index in [-0.39, 0.29) is 0 Å². The molecule has 0 atom stereocenters. The van der Waals surface area contributed by atoms with Crippen LogP contribution < -0.4 is 5.73 Å². The van der Waals surface area contributed by atoms with E-state index in [4.69, 9.17) is 5.73 Å². The van der Waals surface area contributed by atoms with E-state index in [0.29, 0.717) is 22.9 Å². The number of hydrogen-bond acceptors (Lipinski definition) is 4. The first-order valence-corrected chi connectivity index (χ1v) is 9.66. The Hall–Kier alpha value is -3.17. The molecule has 0 unspecified atom stereocenters. The van der Waals surface area contributed by atoms with Crippen molar-refractivity contribution < 1.29 is 18.0 Å². The van der Waals surface area contributed by atoms with Crippen LogP contribution in [0.3, 0.4) is 0 Å².